The van der Waals surface area contributed by atoms with E-state index in [0.29, 0.717) is 13.1 Å². The van der Waals surface area contributed by atoms with Crippen LogP contribution in [0.15, 0.2) is 72.0 Å². The third-order valence-corrected chi connectivity index (χ3v) is 5.78. The molecule has 3 aromatic rings. The number of aliphatic imine (C=N–C) groups is 1. The quantitative estimate of drug-likeness (QED) is 0.232. The lowest BCUT2D eigenvalue weighted by Gasteiger charge is -2.27. The van der Waals surface area contributed by atoms with Crippen LogP contribution in [0.1, 0.15) is 29.4 Å². The SMILES string of the molecule is CCNC(=NCc1ccccc1CN1CCOCC1)NCc1nccn1Cc1ccccc1.I. The van der Waals surface area contributed by atoms with Crippen molar-refractivity contribution in [2.75, 3.05) is 32.8 Å². The largest absolute Gasteiger partial charge is 0.379 e. The number of halogens is 1. The average Bonchev–Trinajstić information content (AvgIpc) is 3.30. The number of aromatic nitrogens is 2. The smallest absolute Gasteiger partial charge is 0.191 e. The summed E-state index contributed by atoms with van der Waals surface area (Å²) in [5, 5.41) is 6.81. The van der Waals surface area contributed by atoms with E-state index in [1.165, 1.54) is 16.7 Å². The number of hydrogen-bond donors (Lipinski definition) is 2. The van der Waals surface area contributed by atoms with E-state index in [0.717, 1.165) is 57.7 Å². The molecule has 2 aromatic carbocycles. The Bertz CT molecular complexity index is 1020. The molecule has 0 spiro atoms. The minimum Gasteiger partial charge on any atom is -0.379 e. The zero-order valence-electron chi connectivity index (χ0n) is 19.8. The molecule has 0 bridgehead atoms. The summed E-state index contributed by atoms with van der Waals surface area (Å²) in [6, 6.07) is 19.0. The highest BCUT2D eigenvalue weighted by atomic mass is 127. The van der Waals surface area contributed by atoms with Gasteiger partial charge in [0.15, 0.2) is 5.96 Å². The molecule has 1 fully saturated rings. The van der Waals surface area contributed by atoms with E-state index >= 15 is 0 Å². The standard InChI is InChI=1S/C26H34N6O.HI/c1-2-27-26(30-19-25-28-12-13-32(25)20-22-8-4-3-5-9-22)29-18-23-10-6-7-11-24(23)21-31-14-16-33-17-15-31;/h3-13H,2,14-21H2,1H3,(H2,27,29,30);1H. The van der Waals surface area contributed by atoms with Crippen LogP contribution in [-0.4, -0.2) is 53.3 Å². The van der Waals surface area contributed by atoms with Crippen molar-refractivity contribution in [2.24, 2.45) is 4.99 Å². The minimum absolute atomic E-state index is 0. The van der Waals surface area contributed by atoms with Gasteiger partial charge in [0, 0.05) is 45.1 Å². The van der Waals surface area contributed by atoms with Crippen molar-refractivity contribution in [3.05, 3.63) is 89.5 Å². The number of nitrogens with one attached hydrogen (secondary N) is 2. The third-order valence-electron chi connectivity index (χ3n) is 5.78. The Labute approximate surface area is 219 Å². The van der Waals surface area contributed by atoms with E-state index in [2.05, 4.69) is 80.5 Å². The first kappa shape index (κ1) is 26.2. The van der Waals surface area contributed by atoms with Gasteiger partial charge in [-0.2, -0.15) is 0 Å². The molecule has 0 radical (unpaired) electrons. The van der Waals surface area contributed by atoms with Crippen LogP contribution in [0.5, 0.6) is 0 Å². The number of morpholine rings is 1. The second-order valence-corrected chi connectivity index (χ2v) is 8.16. The molecule has 1 aromatic heterocycles. The second-order valence-electron chi connectivity index (χ2n) is 8.16. The van der Waals surface area contributed by atoms with Gasteiger partial charge >= 0.3 is 0 Å². The topological polar surface area (TPSA) is 66.7 Å². The molecule has 0 unspecified atom stereocenters. The van der Waals surface area contributed by atoms with Gasteiger partial charge in [0.2, 0.25) is 0 Å². The van der Waals surface area contributed by atoms with E-state index in [4.69, 9.17) is 9.73 Å². The van der Waals surface area contributed by atoms with Gasteiger partial charge in [0.1, 0.15) is 5.82 Å². The van der Waals surface area contributed by atoms with Crippen LogP contribution in [0.2, 0.25) is 0 Å². The lowest BCUT2D eigenvalue weighted by Crippen LogP contribution is -2.37. The van der Waals surface area contributed by atoms with Gasteiger partial charge in [-0.15, -0.1) is 24.0 Å². The summed E-state index contributed by atoms with van der Waals surface area (Å²) in [4.78, 5) is 11.9. The molecule has 0 aliphatic carbocycles. The molecule has 1 aliphatic rings. The van der Waals surface area contributed by atoms with Crippen molar-refractivity contribution in [3.8, 4) is 0 Å². The molecule has 0 amide bonds. The molecule has 34 heavy (non-hydrogen) atoms. The number of nitrogens with zero attached hydrogens (tertiary/aromatic N) is 4. The highest BCUT2D eigenvalue weighted by molar-refractivity contribution is 14.0. The van der Waals surface area contributed by atoms with Crippen LogP contribution in [-0.2, 0) is 30.9 Å². The van der Waals surface area contributed by atoms with E-state index in [9.17, 15) is 0 Å². The first-order valence-electron chi connectivity index (χ1n) is 11.7. The molecule has 182 valence electrons. The molecular formula is C26H35IN6O. The van der Waals surface area contributed by atoms with Gasteiger partial charge < -0.3 is 19.9 Å². The summed E-state index contributed by atoms with van der Waals surface area (Å²) >= 11 is 0. The van der Waals surface area contributed by atoms with Crippen molar-refractivity contribution >= 4 is 29.9 Å². The molecule has 4 rings (SSSR count). The Morgan fingerprint density at radius 3 is 2.47 bits per heavy atom. The van der Waals surface area contributed by atoms with Gasteiger partial charge in [-0.05, 0) is 23.6 Å². The third kappa shape index (κ3) is 7.82. The Morgan fingerprint density at radius 1 is 0.971 bits per heavy atom. The van der Waals surface area contributed by atoms with Crippen LogP contribution in [0.25, 0.3) is 0 Å². The maximum atomic E-state index is 5.49. The van der Waals surface area contributed by atoms with Crippen molar-refractivity contribution in [1.82, 2.24) is 25.1 Å². The average molecular weight is 575 g/mol. The van der Waals surface area contributed by atoms with E-state index in [1.54, 1.807) is 0 Å². The van der Waals surface area contributed by atoms with Gasteiger partial charge in [-0.1, -0.05) is 54.6 Å². The molecule has 2 N–H and O–H groups in total. The zero-order chi connectivity index (χ0) is 22.7. The highest BCUT2D eigenvalue weighted by Crippen LogP contribution is 2.14. The minimum atomic E-state index is 0. The maximum Gasteiger partial charge on any atom is 0.191 e. The Balaban J connectivity index is 0.00000324. The van der Waals surface area contributed by atoms with Crippen molar-refractivity contribution in [3.63, 3.8) is 0 Å². The first-order valence-corrected chi connectivity index (χ1v) is 11.7. The Kier molecular flexibility index (Phi) is 10.8. The molecule has 0 saturated carbocycles. The summed E-state index contributed by atoms with van der Waals surface area (Å²) in [6.45, 7) is 9.48. The molecule has 8 heteroatoms. The van der Waals surface area contributed by atoms with E-state index in [-0.39, 0.29) is 24.0 Å². The zero-order valence-corrected chi connectivity index (χ0v) is 22.2. The monoisotopic (exact) mass is 574 g/mol. The van der Waals surface area contributed by atoms with Crippen molar-refractivity contribution in [1.29, 1.82) is 0 Å². The van der Waals surface area contributed by atoms with Crippen LogP contribution in [0.4, 0.5) is 0 Å². The maximum absolute atomic E-state index is 5.49. The van der Waals surface area contributed by atoms with Crippen LogP contribution in [0, 0.1) is 0 Å². The molecule has 1 saturated heterocycles. The fourth-order valence-electron chi connectivity index (χ4n) is 3.97. The molecular weight excluding hydrogens is 539 g/mol. The summed E-state index contributed by atoms with van der Waals surface area (Å²) in [6.07, 6.45) is 3.88. The van der Waals surface area contributed by atoms with Gasteiger partial charge in [0.05, 0.1) is 26.3 Å². The normalized spacial score (nSPS) is 14.4. The Hall–Kier alpha value is -2.43. The van der Waals surface area contributed by atoms with Crippen molar-refractivity contribution in [2.45, 2.75) is 33.1 Å². The summed E-state index contributed by atoms with van der Waals surface area (Å²) in [5.74, 6) is 1.78. The number of rotatable bonds is 9. The number of ether oxygens (including phenoxy) is 1. The van der Waals surface area contributed by atoms with Gasteiger partial charge in [0.25, 0.3) is 0 Å². The molecule has 7 nitrogen and oxygen atoms in total. The summed E-state index contributed by atoms with van der Waals surface area (Å²) in [7, 11) is 0. The Morgan fingerprint density at radius 2 is 1.71 bits per heavy atom. The summed E-state index contributed by atoms with van der Waals surface area (Å²) in [5.41, 5.74) is 3.85. The van der Waals surface area contributed by atoms with Crippen LogP contribution in [0.3, 0.4) is 0 Å². The van der Waals surface area contributed by atoms with E-state index in [1.807, 2.05) is 18.5 Å². The fraction of sp³-hybridized carbons (Fsp3) is 0.385. The summed E-state index contributed by atoms with van der Waals surface area (Å²) < 4.78 is 7.66. The van der Waals surface area contributed by atoms with Crippen LogP contribution < -0.4 is 10.6 Å². The molecule has 2 heterocycles. The lowest BCUT2D eigenvalue weighted by molar-refractivity contribution is 0.0341. The van der Waals surface area contributed by atoms with Crippen molar-refractivity contribution < 1.29 is 4.74 Å². The highest BCUT2D eigenvalue weighted by Gasteiger charge is 2.13. The predicted molar refractivity (Wildman–Crippen MR) is 147 cm³/mol. The molecule has 1 aliphatic heterocycles. The lowest BCUT2D eigenvalue weighted by atomic mass is 10.1. The van der Waals surface area contributed by atoms with Gasteiger partial charge in [-0.25, -0.2) is 9.98 Å². The van der Waals surface area contributed by atoms with E-state index < -0.39 is 0 Å². The van der Waals surface area contributed by atoms with Gasteiger partial charge in [-0.3, -0.25) is 4.90 Å². The predicted octanol–water partition coefficient (Wildman–Crippen LogP) is 3.64. The number of guanidine groups is 1. The van der Waals surface area contributed by atoms with Crippen LogP contribution >= 0.6 is 24.0 Å². The molecule has 0 atom stereocenters. The fourth-order valence-corrected chi connectivity index (χ4v) is 3.97. The first-order chi connectivity index (χ1) is 16.3. The number of hydrogen-bond acceptors (Lipinski definition) is 4. The number of benzene rings is 2. The second kappa shape index (κ2) is 14.1. The number of imidazole rings is 1.